The number of rotatable bonds is 14. The van der Waals surface area contributed by atoms with Gasteiger partial charge in [0.05, 0.1) is 6.61 Å². The molecule has 2 unspecified atom stereocenters. The van der Waals surface area contributed by atoms with Crippen molar-refractivity contribution < 1.29 is 19.1 Å². The van der Waals surface area contributed by atoms with Crippen molar-refractivity contribution in [1.29, 1.82) is 0 Å². The third kappa shape index (κ3) is 8.09. The van der Waals surface area contributed by atoms with E-state index in [1.165, 1.54) is 0 Å². The fraction of sp³-hybridized carbons (Fsp3) is 0.545. The highest BCUT2D eigenvalue weighted by Gasteiger charge is 2.48. The maximum atomic E-state index is 13.6. The predicted octanol–water partition coefficient (Wildman–Crippen LogP) is 3.67. The van der Waals surface area contributed by atoms with E-state index in [4.69, 9.17) is 10.5 Å². The van der Waals surface area contributed by atoms with E-state index in [2.05, 4.69) is 16.0 Å². The standard InChI is InChI=1S/C33H46N4O4/c1-3-29(38)36-28(21-25-10-12-26(13-11-25)41-4-2)31(40)37-27(20-24-8-6-5-7-9-24)30(39)35-23-33-17-14-32(22-34,15-18-33)16-19-33/h5-13,27-28H,3-4,14-23,34H2,1-2H3,(H,35,39)(H,36,38)(H,37,40). The first-order valence-electron chi connectivity index (χ1n) is 15.1. The van der Waals surface area contributed by atoms with Crippen LogP contribution in [0.3, 0.4) is 0 Å². The number of hydrogen-bond acceptors (Lipinski definition) is 5. The van der Waals surface area contributed by atoms with Gasteiger partial charge in [0.2, 0.25) is 17.7 Å². The van der Waals surface area contributed by atoms with Crippen molar-refractivity contribution in [3.05, 3.63) is 65.7 Å². The number of benzene rings is 2. The lowest BCUT2D eigenvalue weighted by atomic mass is 9.54. The number of nitrogens with one attached hydrogen (secondary N) is 3. The van der Waals surface area contributed by atoms with Crippen molar-refractivity contribution >= 4 is 17.7 Å². The predicted molar refractivity (Wildman–Crippen MR) is 160 cm³/mol. The van der Waals surface area contributed by atoms with Crippen LogP contribution in [0.2, 0.25) is 0 Å². The molecule has 3 aliphatic carbocycles. The zero-order valence-electron chi connectivity index (χ0n) is 24.5. The van der Waals surface area contributed by atoms with E-state index in [0.717, 1.165) is 61.9 Å². The van der Waals surface area contributed by atoms with Crippen LogP contribution in [0.25, 0.3) is 0 Å². The van der Waals surface area contributed by atoms with Gasteiger partial charge in [-0.1, -0.05) is 49.4 Å². The van der Waals surface area contributed by atoms with Gasteiger partial charge >= 0.3 is 0 Å². The maximum Gasteiger partial charge on any atom is 0.243 e. The molecule has 3 amide bonds. The van der Waals surface area contributed by atoms with Crippen molar-refractivity contribution in [1.82, 2.24) is 16.0 Å². The van der Waals surface area contributed by atoms with E-state index in [1.807, 2.05) is 61.5 Å². The summed E-state index contributed by atoms with van der Waals surface area (Å²) in [4.78, 5) is 39.6. The summed E-state index contributed by atoms with van der Waals surface area (Å²) >= 11 is 0. The van der Waals surface area contributed by atoms with Crippen LogP contribution in [-0.2, 0) is 27.2 Å². The second kappa shape index (κ2) is 14.0. The molecule has 0 saturated heterocycles. The smallest absolute Gasteiger partial charge is 0.243 e. The average Bonchev–Trinajstić information content (AvgIpc) is 3.01. The zero-order valence-corrected chi connectivity index (χ0v) is 24.5. The molecule has 5 N–H and O–H groups in total. The summed E-state index contributed by atoms with van der Waals surface area (Å²) in [5.74, 6) is -0.0432. The van der Waals surface area contributed by atoms with Crippen LogP contribution >= 0.6 is 0 Å². The Kier molecular flexibility index (Phi) is 10.4. The SMILES string of the molecule is CCOc1ccc(CC(NC(=O)CC)C(=O)NC(Cc2ccccc2)C(=O)NCC23CCC(CN)(CC2)CC3)cc1. The van der Waals surface area contributed by atoms with E-state index in [1.54, 1.807) is 6.92 Å². The Hall–Kier alpha value is -3.39. The second-order valence-corrected chi connectivity index (χ2v) is 11.9. The van der Waals surface area contributed by atoms with Gasteiger partial charge in [0.25, 0.3) is 0 Å². The molecule has 0 aliphatic heterocycles. The van der Waals surface area contributed by atoms with Gasteiger partial charge in [0, 0.05) is 25.8 Å². The number of carbonyl (C=O) groups excluding carboxylic acids is 3. The van der Waals surface area contributed by atoms with Crippen LogP contribution in [-0.4, -0.2) is 49.5 Å². The van der Waals surface area contributed by atoms with E-state index >= 15 is 0 Å². The Labute approximate surface area is 244 Å². The molecule has 0 aromatic heterocycles. The van der Waals surface area contributed by atoms with Gasteiger partial charge in [-0.2, -0.15) is 0 Å². The van der Waals surface area contributed by atoms with Crippen molar-refractivity contribution in [2.75, 3.05) is 19.7 Å². The minimum atomic E-state index is -0.814. The van der Waals surface area contributed by atoms with Crippen LogP contribution in [0.1, 0.15) is 69.9 Å². The van der Waals surface area contributed by atoms with Crippen molar-refractivity contribution in [3.63, 3.8) is 0 Å². The Morgan fingerprint density at radius 2 is 1.34 bits per heavy atom. The van der Waals surface area contributed by atoms with E-state index < -0.39 is 12.1 Å². The fourth-order valence-corrected chi connectivity index (χ4v) is 6.27. The van der Waals surface area contributed by atoms with Gasteiger partial charge in [-0.3, -0.25) is 14.4 Å². The maximum absolute atomic E-state index is 13.6. The van der Waals surface area contributed by atoms with Crippen LogP contribution in [0, 0.1) is 10.8 Å². The molecule has 222 valence electrons. The van der Waals surface area contributed by atoms with Crippen molar-refractivity contribution in [3.8, 4) is 5.75 Å². The number of hydrogen-bond donors (Lipinski definition) is 4. The van der Waals surface area contributed by atoms with Gasteiger partial charge in [-0.15, -0.1) is 0 Å². The molecular weight excluding hydrogens is 516 g/mol. The summed E-state index contributed by atoms with van der Waals surface area (Å²) in [5, 5.41) is 9.03. The first-order chi connectivity index (χ1) is 19.8. The average molecular weight is 563 g/mol. The topological polar surface area (TPSA) is 123 Å². The highest BCUT2D eigenvalue weighted by Crippen LogP contribution is 2.56. The summed E-state index contributed by atoms with van der Waals surface area (Å²) in [6, 6.07) is 15.6. The monoisotopic (exact) mass is 562 g/mol. The number of ether oxygens (including phenoxy) is 1. The van der Waals surface area contributed by atoms with Crippen LogP contribution in [0.15, 0.2) is 54.6 Å². The summed E-state index contributed by atoms with van der Waals surface area (Å²) in [5.41, 5.74) is 8.32. The molecule has 0 heterocycles. The molecule has 8 nitrogen and oxygen atoms in total. The molecule has 2 atom stereocenters. The molecule has 41 heavy (non-hydrogen) atoms. The molecule has 3 aliphatic rings. The van der Waals surface area contributed by atoms with Gasteiger partial charge in [-0.25, -0.2) is 0 Å². The summed E-state index contributed by atoms with van der Waals surface area (Å²) < 4.78 is 5.53. The molecule has 2 bridgehead atoms. The second-order valence-electron chi connectivity index (χ2n) is 11.9. The van der Waals surface area contributed by atoms with Gasteiger partial charge in [0.15, 0.2) is 0 Å². The highest BCUT2D eigenvalue weighted by atomic mass is 16.5. The number of nitrogens with two attached hydrogens (primary N) is 1. The van der Waals surface area contributed by atoms with Crippen LogP contribution < -0.4 is 26.4 Å². The zero-order chi connectivity index (χ0) is 29.3. The molecule has 2 aromatic carbocycles. The Balaban J connectivity index is 1.46. The molecule has 2 aromatic rings. The van der Waals surface area contributed by atoms with E-state index in [9.17, 15) is 14.4 Å². The summed E-state index contributed by atoms with van der Waals surface area (Å²) in [7, 11) is 0. The van der Waals surface area contributed by atoms with E-state index in [-0.39, 0.29) is 35.0 Å². The van der Waals surface area contributed by atoms with E-state index in [0.29, 0.717) is 26.0 Å². The first-order valence-corrected chi connectivity index (χ1v) is 15.1. The van der Waals surface area contributed by atoms with Crippen LogP contribution in [0.5, 0.6) is 5.75 Å². The normalized spacial score (nSPS) is 22.8. The lowest BCUT2D eigenvalue weighted by Crippen LogP contribution is -2.56. The number of fused-ring (bicyclic) bond motifs is 3. The highest BCUT2D eigenvalue weighted by molar-refractivity contribution is 5.92. The number of carbonyl (C=O) groups is 3. The molecule has 3 fully saturated rings. The number of amides is 3. The largest absolute Gasteiger partial charge is 0.494 e. The molecule has 3 saturated carbocycles. The van der Waals surface area contributed by atoms with Crippen molar-refractivity contribution in [2.45, 2.75) is 83.7 Å². The van der Waals surface area contributed by atoms with Gasteiger partial charge < -0.3 is 26.4 Å². The van der Waals surface area contributed by atoms with Gasteiger partial charge in [-0.05, 0) is 86.1 Å². The lowest BCUT2D eigenvalue weighted by molar-refractivity contribution is -0.132. The quantitative estimate of drug-likeness (QED) is 0.280. The summed E-state index contributed by atoms with van der Waals surface area (Å²) in [6.07, 6.45) is 7.51. The Morgan fingerprint density at radius 3 is 1.90 bits per heavy atom. The molecule has 5 rings (SSSR count). The van der Waals surface area contributed by atoms with Crippen LogP contribution in [0.4, 0.5) is 0 Å². The Morgan fingerprint density at radius 1 is 0.780 bits per heavy atom. The van der Waals surface area contributed by atoms with Crippen molar-refractivity contribution in [2.24, 2.45) is 16.6 Å². The first kappa shape index (κ1) is 30.6. The minimum absolute atomic E-state index is 0.110. The lowest BCUT2D eigenvalue weighted by Gasteiger charge is -2.53. The molecular formula is C33H46N4O4. The Bertz CT molecular complexity index is 1140. The third-order valence-electron chi connectivity index (χ3n) is 9.19. The molecule has 0 spiro atoms. The van der Waals surface area contributed by atoms with Gasteiger partial charge in [0.1, 0.15) is 17.8 Å². The minimum Gasteiger partial charge on any atom is -0.494 e. The third-order valence-corrected chi connectivity index (χ3v) is 9.19. The summed E-state index contributed by atoms with van der Waals surface area (Å²) in [6.45, 7) is 5.59. The fourth-order valence-electron chi connectivity index (χ4n) is 6.27. The molecule has 8 heteroatoms. The molecule has 0 radical (unpaired) electrons.